The second-order valence-electron chi connectivity index (χ2n) is 13.0. The highest BCUT2D eigenvalue weighted by molar-refractivity contribution is 5.99. The molecule has 2 aromatic rings. The molecule has 0 saturated carbocycles. The summed E-state index contributed by atoms with van der Waals surface area (Å²) in [4.78, 5) is 49.4. The van der Waals surface area contributed by atoms with Crippen LogP contribution in [0.5, 0.6) is 0 Å². The van der Waals surface area contributed by atoms with Crippen molar-refractivity contribution >= 4 is 17.7 Å². The van der Waals surface area contributed by atoms with E-state index in [4.69, 9.17) is 4.74 Å². The zero-order valence-corrected chi connectivity index (χ0v) is 26.8. The number of aliphatic hydroxyl groups is 1. The van der Waals surface area contributed by atoms with Gasteiger partial charge in [0.1, 0.15) is 11.6 Å². The first kappa shape index (κ1) is 32.6. The number of fused-ring (bicyclic) bond motifs is 1. The van der Waals surface area contributed by atoms with E-state index in [0.29, 0.717) is 32.6 Å². The van der Waals surface area contributed by atoms with E-state index < -0.39 is 35.1 Å². The third kappa shape index (κ3) is 5.52. The van der Waals surface area contributed by atoms with Crippen molar-refractivity contribution in [2.45, 2.75) is 69.9 Å². The van der Waals surface area contributed by atoms with Crippen molar-refractivity contribution in [3.8, 4) is 0 Å². The van der Waals surface area contributed by atoms with Crippen molar-refractivity contribution in [3.05, 3.63) is 97.1 Å². The standard InChI is InChI=1S/C37H47N3O5/c1-6-9-22-38(20-7-2)35(44)32-37-23-26(4)36(5,45-37)30(33(42)39(21-8-3)24-27-16-12-10-13-17-27)31(37)34(43)40(32)29(25-41)28-18-14-11-15-19-28/h7-8,10-19,26,29-32,41H,2-3,6,9,20-25H2,1,4-5H3/t26?,29-,30+,31+,32?,36-,37?/m1/s1. The van der Waals surface area contributed by atoms with Crippen LogP contribution in [-0.2, 0) is 25.7 Å². The molecule has 0 aliphatic carbocycles. The molecule has 3 amide bonds. The summed E-state index contributed by atoms with van der Waals surface area (Å²) >= 11 is 0. The Hall–Kier alpha value is -3.75. The van der Waals surface area contributed by atoms with Crippen LogP contribution in [0.2, 0.25) is 0 Å². The minimum atomic E-state index is -1.22. The summed E-state index contributed by atoms with van der Waals surface area (Å²) < 4.78 is 7.00. The molecule has 3 aliphatic heterocycles. The second-order valence-corrected chi connectivity index (χ2v) is 13.0. The number of likely N-dealkylation sites (tertiary alicyclic amines) is 1. The Morgan fingerprint density at radius 2 is 1.67 bits per heavy atom. The van der Waals surface area contributed by atoms with Gasteiger partial charge in [-0.3, -0.25) is 14.4 Å². The van der Waals surface area contributed by atoms with Gasteiger partial charge in [-0.1, -0.05) is 93.1 Å². The molecule has 8 heteroatoms. The fourth-order valence-electron chi connectivity index (χ4n) is 8.06. The molecule has 0 radical (unpaired) electrons. The maximum absolute atomic E-state index is 14.9. The minimum Gasteiger partial charge on any atom is -0.394 e. The van der Waals surface area contributed by atoms with Crippen LogP contribution in [0.15, 0.2) is 86.0 Å². The summed E-state index contributed by atoms with van der Waals surface area (Å²) in [6, 6.07) is 17.3. The van der Waals surface area contributed by atoms with Crippen LogP contribution in [0, 0.1) is 17.8 Å². The maximum atomic E-state index is 14.9. The first-order chi connectivity index (χ1) is 21.7. The van der Waals surface area contributed by atoms with E-state index in [-0.39, 0.29) is 30.2 Å². The van der Waals surface area contributed by atoms with Crippen LogP contribution in [0.25, 0.3) is 0 Å². The number of hydrogen-bond donors (Lipinski definition) is 1. The van der Waals surface area contributed by atoms with Crippen LogP contribution >= 0.6 is 0 Å². The van der Waals surface area contributed by atoms with Crippen LogP contribution in [-0.4, -0.2) is 81.0 Å². The third-order valence-corrected chi connectivity index (χ3v) is 10.3. The molecule has 3 saturated heterocycles. The van der Waals surface area contributed by atoms with Gasteiger partial charge in [0.15, 0.2) is 0 Å². The average Bonchev–Trinajstić information content (AvgIpc) is 3.56. The van der Waals surface area contributed by atoms with Crippen molar-refractivity contribution in [3.63, 3.8) is 0 Å². The molecule has 2 bridgehead atoms. The predicted molar refractivity (Wildman–Crippen MR) is 174 cm³/mol. The summed E-state index contributed by atoms with van der Waals surface area (Å²) in [6.45, 7) is 15.0. The van der Waals surface area contributed by atoms with Crippen molar-refractivity contribution < 1.29 is 24.2 Å². The van der Waals surface area contributed by atoms with Crippen LogP contribution in [0.3, 0.4) is 0 Å². The second kappa shape index (κ2) is 13.3. The molecule has 240 valence electrons. The molecule has 2 aromatic carbocycles. The minimum absolute atomic E-state index is 0.0964. The van der Waals surface area contributed by atoms with Crippen LogP contribution < -0.4 is 0 Å². The molecule has 3 heterocycles. The number of benzene rings is 2. The number of carbonyl (C=O) groups is 3. The van der Waals surface area contributed by atoms with Gasteiger partial charge >= 0.3 is 0 Å². The van der Waals surface area contributed by atoms with E-state index in [2.05, 4.69) is 20.1 Å². The molecule has 0 aromatic heterocycles. The van der Waals surface area contributed by atoms with Crippen molar-refractivity contribution in [2.75, 3.05) is 26.2 Å². The Labute approximate surface area is 267 Å². The molecular formula is C37H47N3O5. The lowest BCUT2D eigenvalue weighted by atomic mass is 9.62. The van der Waals surface area contributed by atoms with E-state index in [1.165, 1.54) is 0 Å². The van der Waals surface area contributed by atoms with E-state index in [9.17, 15) is 19.5 Å². The number of aliphatic hydroxyl groups excluding tert-OH is 1. The summed E-state index contributed by atoms with van der Waals surface area (Å²) in [5.74, 6) is -2.52. The Balaban J connectivity index is 1.63. The van der Waals surface area contributed by atoms with Crippen molar-refractivity contribution in [1.82, 2.24) is 14.7 Å². The van der Waals surface area contributed by atoms with Crippen molar-refractivity contribution in [2.24, 2.45) is 17.8 Å². The number of rotatable bonds is 14. The van der Waals surface area contributed by atoms with Gasteiger partial charge in [0.2, 0.25) is 17.7 Å². The SMILES string of the molecule is C=CCN(CCCC)C(=O)C1N([C@H](CO)c2ccccc2)C(=O)[C@@H]2[C@@H](C(=O)N(CC=C)Cc3ccccc3)[C@]3(C)OC12CC3C. The number of hydrogen-bond acceptors (Lipinski definition) is 5. The fraction of sp³-hybridized carbons (Fsp3) is 0.486. The van der Waals surface area contributed by atoms with Gasteiger partial charge < -0.3 is 24.5 Å². The Morgan fingerprint density at radius 1 is 1.04 bits per heavy atom. The van der Waals surface area contributed by atoms with Gasteiger partial charge in [0.05, 0.1) is 30.1 Å². The topological polar surface area (TPSA) is 90.4 Å². The monoisotopic (exact) mass is 613 g/mol. The molecule has 7 atom stereocenters. The largest absolute Gasteiger partial charge is 0.394 e. The molecule has 1 spiro atoms. The van der Waals surface area contributed by atoms with Crippen molar-refractivity contribution in [1.29, 1.82) is 0 Å². The van der Waals surface area contributed by atoms with Gasteiger partial charge in [-0.15, -0.1) is 13.2 Å². The molecule has 3 fully saturated rings. The zero-order valence-electron chi connectivity index (χ0n) is 26.8. The summed E-state index contributed by atoms with van der Waals surface area (Å²) in [6.07, 6.45) is 5.55. The molecule has 1 N–H and O–H groups in total. The lowest BCUT2D eigenvalue weighted by molar-refractivity contribution is -0.158. The van der Waals surface area contributed by atoms with E-state index in [0.717, 1.165) is 24.0 Å². The smallest absolute Gasteiger partial charge is 0.248 e. The lowest BCUT2D eigenvalue weighted by Crippen LogP contribution is -2.57. The zero-order chi connectivity index (χ0) is 32.4. The number of carbonyl (C=O) groups excluding carboxylic acids is 3. The highest BCUT2D eigenvalue weighted by Gasteiger charge is 2.80. The molecule has 45 heavy (non-hydrogen) atoms. The molecule has 3 aliphatic rings. The average molecular weight is 614 g/mol. The quantitative estimate of drug-likeness (QED) is 0.311. The molecular weight excluding hydrogens is 566 g/mol. The van der Waals surface area contributed by atoms with E-state index in [1.54, 1.807) is 26.9 Å². The molecule has 8 nitrogen and oxygen atoms in total. The first-order valence-electron chi connectivity index (χ1n) is 16.2. The van der Waals surface area contributed by atoms with Gasteiger partial charge in [-0.05, 0) is 36.8 Å². The first-order valence-corrected chi connectivity index (χ1v) is 16.2. The van der Waals surface area contributed by atoms with Gasteiger partial charge in [0.25, 0.3) is 0 Å². The van der Waals surface area contributed by atoms with Gasteiger partial charge in [0, 0.05) is 26.2 Å². The van der Waals surface area contributed by atoms with Gasteiger partial charge in [-0.25, -0.2) is 0 Å². The normalized spacial score (nSPS) is 28.9. The molecule has 3 unspecified atom stereocenters. The Morgan fingerprint density at radius 3 is 2.27 bits per heavy atom. The van der Waals surface area contributed by atoms with Gasteiger partial charge in [-0.2, -0.15) is 0 Å². The number of ether oxygens (including phenoxy) is 1. The number of unbranched alkanes of at least 4 members (excludes halogenated alkanes) is 1. The highest BCUT2D eigenvalue weighted by Crippen LogP contribution is 2.66. The Bertz CT molecular complexity index is 1400. The summed E-state index contributed by atoms with van der Waals surface area (Å²) in [5, 5.41) is 10.8. The Kier molecular flexibility index (Phi) is 9.65. The highest BCUT2D eigenvalue weighted by atomic mass is 16.5. The molecule has 5 rings (SSSR count). The van der Waals surface area contributed by atoms with Crippen LogP contribution in [0.4, 0.5) is 0 Å². The number of amides is 3. The third-order valence-electron chi connectivity index (χ3n) is 10.3. The van der Waals surface area contributed by atoms with Crippen LogP contribution in [0.1, 0.15) is 57.2 Å². The fourth-order valence-corrected chi connectivity index (χ4v) is 8.06. The van der Waals surface area contributed by atoms with E-state index in [1.807, 2.05) is 74.5 Å². The lowest BCUT2D eigenvalue weighted by Gasteiger charge is -2.39. The summed E-state index contributed by atoms with van der Waals surface area (Å²) in [7, 11) is 0. The summed E-state index contributed by atoms with van der Waals surface area (Å²) in [5.41, 5.74) is -0.479. The maximum Gasteiger partial charge on any atom is 0.248 e. The predicted octanol–water partition coefficient (Wildman–Crippen LogP) is 4.76. The van der Waals surface area contributed by atoms with E-state index >= 15 is 0 Å². The number of nitrogens with zero attached hydrogens (tertiary/aromatic N) is 3.